The van der Waals surface area contributed by atoms with Crippen LogP contribution in [0.15, 0.2) is 51.8 Å². The number of hydrogen-bond acceptors (Lipinski definition) is 5. The average molecular weight is 429 g/mol. The van der Waals surface area contributed by atoms with E-state index in [0.717, 1.165) is 0 Å². The lowest BCUT2D eigenvalue weighted by Gasteiger charge is -2.32. The third-order valence-electron chi connectivity index (χ3n) is 5.13. The number of amidine groups is 1. The summed E-state index contributed by atoms with van der Waals surface area (Å²) in [5.74, 6) is 0.139. The largest absolute Gasteiger partial charge is 0.355 e. The smallest absolute Gasteiger partial charge is 0.285 e. The molecule has 0 atom stereocenters. The average Bonchev–Trinajstić information content (AvgIpc) is 3.00. The molecule has 0 saturated carbocycles. The molecular formula is C20H17ClN4O3S. The first-order valence-corrected chi connectivity index (χ1v) is 10.9. The zero-order chi connectivity index (χ0) is 20.6. The highest BCUT2D eigenvalue weighted by Crippen LogP contribution is 2.30. The minimum Gasteiger partial charge on any atom is -0.355 e. The van der Waals surface area contributed by atoms with Crippen LogP contribution in [0, 0.1) is 17.2 Å². The van der Waals surface area contributed by atoms with E-state index in [1.54, 1.807) is 42.5 Å². The Bertz CT molecular complexity index is 1160. The Hall–Kier alpha value is -2.89. The first-order valence-electron chi connectivity index (χ1n) is 9.09. The van der Waals surface area contributed by atoms with E-state index in [9.17, 15) is 13.2 Å². The predicted octanol–water partition coefficient (Wildman–Crippen LogP) is 3.01. The molecule has 2 aliphatic heterocycles. The highest BCUT2D eigenvalue weighted by molar-refractivity contribution is 7.90. The van der Waals surface area contributed by atoms with Crippen LogP contribution in [0.3, 0.4) is 0 Å². The fourth-order valence-corrected chi connectivity index (χ4v) is 5.05. The number of nitrogens with one attached hydrogen (secondary N) is 1. The summed E-state index contributed by atoms with van der Waals surface area (Å²) >= 11 is 6.01. The van der Waals surface area contributed by atoms with Gasteiger partial charge in [0, 0.05) is 30.3 Å². The summed E-state index contributed by atoms with van der Waals surface area (Å²) in [7, 11) is -3.65. The number of piperidine rings is 1. The van der Waals surface area contributed by atoms with Crippen molar-refractivity contribution in [3.63, 3.8) is 0 Å². The van der Waals surface area contributed by atoms with Gasteiger partial charge in [0.2, 0.25) is 5.91 Å². The van der Waals surface area contributed by atoms with Gasteiger partial charge in [-0.15, -0.1) is 4.40 Å². The van der Waals surface area contributed by atoms with Crippen LogP contribution in [-0.2, 0) is 14.8 Å². The number of nitriles is 1. The van der Waals surface area contributed by atoms with Crippen molar-refractivity contribution < 1.29 is 13.2 Å². The third kappa shape index (κ3) is 3.71. The molecule has 4 rings (SSSR count). The number of amides is 1. The maximum atomic E-state index is 12.6. The van der Waals surface area contributed by atoms with Crippen LogP contribution in [0.1, 0.15) is 24.0 Å². The number of likely N-dealkylation sites (tertiary alicyclic amines) is 1. The highest BCUT2D eigenvalue weighted by Gasteiger charge is 2.34. The molecule has 1 saturated heterocycles. The molecule has 2 heterocycles. The number of carbonyl (C=O) groups is 1. The SMILES string of the molecule is N#Cc1ccc(NC(=O)C2CCN(C3=NS(=O)(=O)c4ccccc43)CC2)cc1Cl. The van der Waals surface area contributed by atoms with E-state index in [0.29, 0.717) is 53.6 Å². The van der Waals surface area contributed by atoms with Crippen LogP contribution in [0.4, 0.5) is 5.69 Å². The van der Waals surface area contributed by atoms with Crippen molar-refractivity contribution >= 4 is 39.1 Å². The molecule has 0 radical (unpaired) electrons. The normalized spacial score (nSPS) is 17.9. The van der Waals surface area contributed by atoms with E-state index >= 15 is 0 Å². The van der Waals surface area contributed by atoms with E-state index in [2.05, 4.69) is 9.71 Å². The zero-order valence-electron chi connectivity index (χ0n) is 15.3. The van der Waals surface area contributed by atoms with Gasteiger partial charge >= 0.3 is 0 Å². The molecule has 29 heavy (non-hydrogen) atoms. The van der Waals surface area contributed by atoms with Gasteiger partial charge in [-0.3, -0.25) is 4.79 Å². The lowest BCUT2D eigenvalue weighted by molar-refractivity contribution is -0.120. The molecular weight excluding hydrogens is 412 g/mol. The number of sulfonamides is 1. The Morgan fingerprint density at radius 3 is 2.62 bits per heavy atom. The number of rotatable bonds is 2. The molecule has 9 heteroatoms. The van der Waals surface area contributed by atoms with Crippen molar-refractivity contribution in [1.82, 2.24) is 4.90 Å². The molecule has 0 aromatic heterocycles. The van der Waals surface area contributed by atoms with Crippen LogP contribution >= 0.6 is 11.6 Å². The van der Waals surface area contributed by atoms with Crippen LogP contribution in [0.25, 0.3) is 0 Å². The van der Waals surface area contributed by atoms with Crippen molar-refractivity contribution in [1.29, 1.82) is 5.26 Å². The van der Waals surface area contributed by atoms with Crippen LogP contribution in [0.2, 0.25) is 5.02 Å². The molecule has 0 spiro atoms. The van der Waals surface area contributed by atoms with Crippen molar-refractivity contribution in [3.05, 3.63) is 58.6 Å². The number of fused-ring (bicyclic) bond motifs is 1. The molecule has 0 aliphatic carbocycles. The molecule has 2 aromatic rings. The summed E-state index contributed by atoms with van der Waals surface area (Å²) in [6, 6.07) is 13.5. The van der Waals surface area contributed by atoms with Gasteiger partial charge in [-0.05, 0) is 43.2 Å². The summed E-state index contributed by atoms with van der Waals surface area (Å²) in [6.07, 6.45) is 1.16. The first kappa shape index (κ1) is 19.4. The number of carbonyl (C=O) groups excluding carboxylic acids is 1. The Balaban J connectivity index is 1.42. The number of hydrogen-bond donors (Lipinski definition) is 1. The van der Waals surface area contributed by atoms with E-state index in [4.69, 9.17) is 16.9 Å². The molecule has 1 fully saturated rings. The third-order valence-corrected chi connectivity index (χ3v) is 6.77. The summed E-state index contributed by atoms with van der Waals surface area (Å²) in [5, 5.41) is 12.1. The van der Waals surface area contributed by atoms with Gasteiger partial charge in [0.05, 0.1) is 10.6 Å². The summed E-state index contributed by atoms with van der Waals surface area (Å²) in [4.78, 5) is 14.8. The van der Waals surface area contributed by atoms with Crippen LogP contribution < -0.4 is 5.32 Å². The van der Waals surface area contributed by atoms with Gasteiger partial charge in [0.25, 0.3) is 10.0 Å². The van der Waals surface area contributed by atoms with E-state index < -0.39 is 10.0 Å². The van der Waals surface area contributed by atoms with Crippen molar-refractivity contribution in [2.75, 3.05) is 18.4 Å². The van der Waals surface area contributed by atoms with Gasteiger partial charge in [-0.1, -0.05) is 23.7 Å². The molecule has 2 aromatic carbocycles. The predicted molar refractivity (Wildman–Crippen MR) is 109 cm³/mol. The second-order valence-electron chi connectivity index (χ2n) is 6.94. The Kier molecular flexibility index (Phi) is 5.03. The lowest BCUT2D eigenvalue weighted by Crippen LogP contribution is -2.41. The Morgan fingerprint density at radius 1 is 1.21 bits per heavy atom. The minimum atomic E-state index is -3.65. The molecule has 1 N–H and O–H groups in total. The lowest BCUT2D eigenvalue weighted by atomic mass is 9.95. The minimum absolute atomic E-state index is 0.119. The quantitative estimate of drug-likeness (QED) is 0.791. The van der Waals surface area contributed by atoms with Crippen molar-refractivity contribution in [3.8, 4) is 6.07 Å². The monoisotopic (exact) mass is 428 g/mol. The molecule has 0 unspecified atom stereocenters. The molecule has 148 valence electrons. The Morgan fingerprint density at radius 2 is 1.93 bits per heavy atom. The number of benzene rings is 2. The highest BCUT2D eigenvalue weighted by atomic mass is 35.5. The second-order valence-corrected chi connectivity index (χ2v) is 8.92. The number of nitrogens with zero attached hydrogens (tertiary/aromatic N) is 3. The standard InChI is InChI=1S/C20H17ClN4O3S/c21-17-11-15(6-5-14(17)12-22)23-20(26)13-7-9-25(10-8-13)19-16-3-1-2-4-18(16)29(27,28)24-19/h1-6,11,13H,7-10H2,(H,23,26). The zero-order valence-corrected chi connectivity index (χ0v) is 16.9. The van der Waals surface area contributed by atoms with Gasteiger partial charge < -0.3 is 10.2 Å². The van der Waals surface area contributed by atoms with E-state index in [-0.39, 0.29) is 16.7 Å². The summed E-state index contributed by atoms with van der Waals surface area (Å²) < 4.78 is 28.4. The van der Waals surface area contributed by atoms with Gasteiger partial charge in [-0.2, -0.15) is 13.7 Å². The maximum Gasteiger partial charge on any atom is 0.285 e. The van der Waals surface area contributed by atoms with Gasteiger partial charge in [-0.25, -0.2) is 0 Å². The molecule has 1 amide bonds. The van der Waals surface area contributed by atoms with Crippen LogP contribution in [0.5, 0.6) is 0 Å². The number of halogens is 1. The Labute approximate surface area is 173 Å². The van der Waals surface area contributed by atoms with Crippen LogP contribution in [-0.4, -0.2) is 38.2 Å². The van der Waals surface area contributed by atoms with Crippen molar-refractivity contribution in [2.45, 2.75) is 17.7 Å². The fourth-order valence-electron chi connectivity index (χ4n) is 3.60. The van der Waals surface area contributed by atoms with E-state index in [1.165, 1.54) is 0 Å². The maximum absolute atomic E-state index is 12.6. The fraction of sp³-hybridized carbons (Fsp3) is 0.250. The second kappa shape index (κ2) is 7.50. The van der Waals surface area contributed by atoms with Gasteiger partial charge in [0.1, 0.15) is 11.0 Å². The van der Waals surface area contributed by atoms with E-state index in [1.807, 2.05) is 11.0 Å². The molecule has 0 bridgehead atoms. The summed E-state index contributed by atoms with van der Waals surface area (Å²) in [6.45, 7) is 1.07. The first-order chi connectivity index (χ1) is 13.9. The topological polar surface area (TPSA) is 103 Å². The number of anilines is 1. The van der Waals surface area contributed by atoms with Crippen molar-refractivity contribution in [2.24, 2.45) is 10.3 Å². The van der Waals surface area contributed by atoms with Gasteiger partial charge in [0.15, 0.2) is 5.84 Å². The molecule has 7 nitrogen and oxygen atoms in total. The molecule has 2 aliphatic rings. The summed E-state index contributed by atoms with van der Waals surface area (Å²) in [5.41, 5.74) is 1.51.